The number of nitrogens with zero attached hydrogens (tertiary/aromatic N) is 1. The molecule has 0 heterocycles. The second kappa shape index (κ2) is 5.21. The van der Waals surface area contributed by atoms with Crippen molar-refractivity contribution in [3.63, 3.8) is 0 Å². The molecular weight excluding hydrogens is 238 g/mol. The summed E-state index contributed by atoms with van der Waals surface area (Å²) in [5.74, 6) is 0.00659. The van der Waals surface area contributed by atoms with Gasteiger partial charge in [-0.25, -0.2) is 0 Å². The third kappa shape index (κ3) is 2.73. The lowest BCUT2D eigenvalue weighted by Gasteiger charge is -2.47. The quantitative estimate of drug-likeness (QED) is 0.631. The lowest BCUT2D eigenvalue weighted by molar-refractivity contribution is 0.0739. The van der Waals surface area contributed by atoms with Crippen LogP contribution in [0.2, 0.25) is 0 Å². The first-order valence-corrected chi connectivity index (χ1v) is 6.76. The second-order valence-corrected chi connectivity index (χ2v) is 5.68. The third-order valence-electron chi connectivity index (χ3n) is 4.29. The third-order valence-corrected chi connectivity index (χ3v) is 4.29. The maximum absolute atomic E-state index is 11.5. The topological polar surface area (TPSA) is 58.4 Å². The Hall–Kier alpha value is -1.55. The molecule has 1 saturated carbocycles. The minimum absolute atomic E-state index is 0.00659. The highest BCUT2D eigenvalue weighted by Gasteiger charge is 2.38. The fourth-order valence-corrected chi connectivity index (χ4v) is 2.60. The molecule has 104 valence electrons. The minimum atomic E-state index is 0.00659. The van der Waals surface area contributed by atoms with Crippen molar-refractivity contribution < 1.29 is 4.79 Å². The molecule has 0 aliphatic heterocycles. The van der Waals surface area contributed by atoms with Gasteiger partial charge < -0.3 is 16.0 Å². The zero-order valence-corrected chi connectivity index (χ0v) is 12.0. The second-order valence-electron chi connectivity index (χ2n) is 5.68. The summed E-state index contributed by atoms with van der Waals surface area (Å²) in [5, 5.41) is 3.44. The number of ketones is 1. The van der Waals surface area contributed by atoms with Crippen LogP contribution in [0.15, 0.2) is 18.2 Å². The summed E-state index contributed by atoms with van der Waals surface area (Å²) in [6.45, 7) is 2.45. The molecule has 1 aromatic rings. The van der Waals surface area contributed by atoms with Crippen molar-refractivity contribution in [2.75, 3.05) is 31.7 Å². The largest absolute Gasteiger partial charge is 0.398 e. The molecule has 0 spiro atoms. The minimum Gasteiger partial charge on any atom is -0.398 e. The van der Waals surface area contributed by atoms with Crippen LogP contribution < -0.4 is 11.1 Å². The van der Waals surface area contributed by atoms with E-state index < -0.39 is 0 Å². The molecule has 3 N–H and O–H groups in total. The van der Waals surface area contributed by atoms with E-state index in [9.17, 15) is 4.79 Å². The van der Waals surface area contributed by atoms with E-state index in [4.69, 9.17) is 5.73 Å². The summed E-state index contributed by atoms with van der Waals surface area (Å²) < 4.78 is 0. The number of nitrogens with one attached hydrogen (secondary N) is 1. The first-order valence-electron chi connectivity index (χ1n) is 6.76. The van der Waals surface area contributed by atoms with Gasteiger partial charge in [0, 0.05) is 29.0 Å². The molecule has 1 aliphatic carbocycles. The maximum atomic E-state index is 11.5. The summed E-state index contributed by atoms with van der Waals surface area (Å²) in [6.07, 6.45) is 3.74. The Labute approximate surface area is 115 Å². The fourth-order valence-electron chi connectivity index (χ4n) is 2.60. The summed E-state index contributed by atoms with van der Waals surface area (Å²) in [4.78, 5) is 13.8. The fraction of sp³-hybridized carbons (Fsp3) is 0.533. The van der Waals surface area contributed by atoms with E-state index in [2.05, 4.69) is 24.3 Å². The van der Waals surface area contributed by atoms with Crippen molar-refractivity contribution in [3.8, 4) is 0 Å². The molecule has 19 heavy (non-hydrogen) atoms. The van der Waals surface area contributed by atoms with Gasteiger partial charge in [0.15, 0.2) is 5.78 Å². The molecule has 1 aromatic carbocycles. The Kier molecular flexibility index (Phi) is 3.80. The van der Waals surface area contributed by atoms with E-state index in [1.54, 1.807) is 13.0 Å². The van der Waals surface area contributed by atoms with E-state index in [0.29, 0.717) is 11.3 Å². The van der Waals surface area contributed by atoms with Crippen molar-refractivity contribution in [3.05, 3.63) is 23.8 Å². The lowest BCUT2D eigenvalue weighted by Crippen LogP contribution is -2.54. The molecule has 2 rings (SSSR count). The van der Waals surface area contributed by atoms with Crippen molar-refractivity contribution in [2.45, 2.75) is 31.7 Å². The Morgan fingerprint density at radius 3 is 2.58 bits per heavy atom. The van der Waals surface area contributed by atoms with Crippen molar-refractivity contribution >= 4 is 17.2 Å². The Morgan fingerprint density at radius 2 is 2.11 bits per heavy atom. The van der Waals surface area contributed by atoms with Gasteiger partial charge in [-0.1, -0.05) is 0 Å². The van der Waals surface area contributed by atoms with E-state index in [-0.39, 0.29) is 11.3 Å². The number of carbonyl (C=O) groups excluding carboxylic acids is 1. The number of nitrogen functional groups attached to an aromatic ring is 1. The average molecular weight is 261 g/mol. The van der Waals surface area contributed by atoms with Crippen molar-refractivity contribution in [1.82, 2.24) is 4.90 Å². The molecule has 0 aromatic heterocycles. The van der Waals surface area contributed by atoms with Crippen LogP contribution in [-0.2, 0) is 0 Å². The predicted octanol–water partition coefficient (Wildman–Crippen LogP) is 2.37. The molecule has 1 fully saturated rings. The SMILES string of the molecule is CC(=O)c1cc(NCC2(N(C)C)CCC2)ccc1N. The molecule has 0 bridgehead atoms. The summed E-state index contributed by atoms with van der Waals surface area (Å²) in [7, 11) is 4.26. The summed E-state index contributed by atoms with van der Waals surface area (Å²) in [6, 6.07) is 5.58. The number of benzene rings is 1. The monoisotopic (exact) mass is 261 g/mol. The van der Waals surface area contributed by atoms with Crippen LogP contribution in [0.1, 0.15) is 36.5 Å². The van der Waals surface area contributed by atoms with Gasteiger partial charge in [-0.3, -0.25) is 4.79 Å². The summed E-state index contributed by atoms with van der Waals surface area (Å²) >= 11 is 0. The van der Waals surface area contributed by atoms with Gasteiger partial charge in [0.25, 0.3) is 0 Å². The number of carbonyl (C=O) groups is 1. The van der Waals surface area contributed by atoms with E-state index >= 15 is 0 Å². The number of likely N-dealkylation sites (N-methyl/N-ethyl adjacent to an activating group) is 1. The molecule has 0 saturated heterocycles. The predicted molar refractivity (Wildman–Crippen MR) is 79.6 cm³/mol. The number of hydrogen-bond acceptors (Lipinski definition) is 4. The summed E-state index contributed by atoms with van der Waals surface area (Å²) in [5.41, 5.74) is 8.17. The Morgan fingerprint density at radius 1 is 1.42 bits per heavy atom. The number of Topliss-reactive ketones (excluding diaryl/α,β-unsaturated/α-hetero) is 1. The van der Waals surface area contributed by atoms with Gasteiger partial charge in [0.05, 0.1) is 0 Å². The zero-order chi connectivity index (χ0) is 14.0. The molecule has 4 nitrogen and oxygen atoms in total. The molecule has 0 amide bonds. The highest BCUT2D eigenvalue weighted by Crippen LogP contribution is 2.36. The molecule has 1 aliphatic rings. The maximum Gasteiger partial charge on any atom is 0.161 e. The zero-order valence-electron chi connectivity index (χ0n) is 12.0. The number of anilines is 2. The van der Waals surface area contributed by atoms with Crippen molar-refractivity contribution in [1.29, 1.82) is 0 Å². The number of rotatable bonds is 5. The van der Waals surface area contributed by atoms with Gasteiger partial charge in [0.1, 0.15) is 0 Å². The van der Waals surface area contributed by atoms with Gasteiger partial charge >= 0.3 is 0 Å². The molecule has 0 radical (unpaired) electrons. The van der Waals surface area contributed by atoms with E-state index in [1.165, 1.54) is 19.3 Å². The van der Waals surface area contributed by atoms with Crippen LogP contribution in [0.3, 0.4) is 0 Å². The van der Waals surface area contributed by atoms with Crippen LogP contribution in [0.5, 0.6) is 0 Å². The first kappa shape index (κ1) is 13.9. The smallest absolute Gasteiger partial charge is 0.161 e. The molecule has 0 atom stereocenters. The Bertz CT molecular complexity index is 478. The van der Waals surface area contributed by atoms with Gasteiger partial charge in [-0.05, 0) is 58.5 Å². The molecular formula is C15H23N3O. The van der Waals surface area contributed by atoms with Gasteiger partial charge in [-0.15, -0.1) is 0 Å². The first-order chi connectivity index (χ1) is 8.94. The average Bonchev–Trinajstić information content (AvgIpc) is 2.28. The highest BCUT2D eigenvalue weighted by molar-refractivity contribution is 6.00. The molecule has 4 heteroatoms. The standard InChI is InChI=1S/C15H23N3O/c1-11(19)13-9-12(5-6-14(13)16)17-10-15(18(2)3)7-4-8-15/h5-6,9,17H,4,7-8,10,16H2,1-3H3. The lowest BCUT2D eigenvalue weighted by atomic mass is 9.75. The van der Waals surface area contributed by atoms with Crippen LogP contribution in [0, 0.1) is 0 Å². The van der Waals surface area contributed by atoms with Crippen LogP contribution >= 0.6 is 0 Å². The van der Waals surface area contributed by atoms with Gasteiger partial charge in [0.2, 0.25) is 0 Å². The number of nitrogens with two attached hydrogens (primary N) is 1. The highest BCUT2D eigenvalue weighted by atomic mass is 16.1. The normalized spacial score (nSPS) is 17.1. The van der Waals surface area contributed by atoms with Crippen LogP contribution in [-0.4, -0.2) is 36.9 Å². The molecule has 0 unspecified atom stereocenters. The van der Waals surface area contributed by atoms with Crippen LogP contribution in [0.4, 0.5) is 11.4 Å². The van der Waals surface area contributed by atoms with E-state index in [0.717, 1.165) is 12.2 Å². The number of hydrogen-bond donors (Lipinski definition) is 2. The van der Waals surface area contributed by atoms with Crippen LogP contribution in [0.25, 0.3) is 0 Å². The van der Waals surface area contributed by atoms with Crippen molar-refractivity contribution in [2.24, 2.45) is 0 Å². The van der Waals surface area contributed by atoms with Gasteiger partial charge in [-0.2, -0.15) is 0 Å². The van der Waals surface area contributed by atoms with E-state index in [1.807, 2.05) is 12.1 Å². The Balaban J connectivity index is 2.08.